The molecule has 0 aliphatic rings. The summed E-state index contributed by atoms with van der Waals surface area (Å²) >= 11 is 7.71. The lowest BCUT2D eigenvalue weighted by Gasteiger charge is -2.18. The summed E-state index contributed by atoms with van der Waals surface area (Å²) in [6.07, 6.45) is 2.59. The number of nitrogens with one attached hydrogen (secondary N) is 1. The second kappa shape index (κ2) is 8.87. The van der Waals surface area contributed by atoms with Crippen LogP contribution < -0.4 is 10.9 Å². The fourth-order valence-corrected chi connectivity index (χ4v) is 3.62. The summed E-state index contributed by atoms with van der Waals surface area (Å²) in [5.74, 6) is 1.25. The van der Waals surface area contributed by atoms with Crippen molar-refractivity contribution in [3.05, 3.63) is 45.2 Å². The number of pyridine rings is 1. The van der Waals surface area contributed by atoms with Crippen molar-refractivity contribution in [3.8, 4) is 0 Å². The fraction of sp³-hybridized carbons (Fsp3) is 0.421. The van der Waals surface area contributed by atoms with E-state index in [1.165, 1.54) is 0 Å². The zero-order valence-corrected chi connectivity index (χ0v) is 17.9. The first kappa shape index (κ1) is 20.5. The highest BCUT2D eigenvalue weighted by Gasteiger charge is 2.18. The van der Waals surface area contributed by atoms with Gasteiger partial charge in [0.15, 0.2) is 11.5 Å². The molecule has 0 saturated carbocycles. The van der Waals surface area contributed by atoms with Gasteiger partial charge in [-0.1, -0.05) is 19.9 Å². The van der Waals surface area contributed by atoms with Gasteiger partial charge in [0.2, 0.25) is 5.28 Å². The van der Waals surface area contributed by atoms with Gasteiger partial charge in [0.05, 0.1) is 10.7 Å². The Morgan fingerprint density at radius 3 is 2.68 bits per heavy atom. The summed E-state index contributed by atoms with van der Waals surface area (Å²) in [7, 11) is 0. The first-order chi connectivity index (χ1) is 13.4. The zero-order chi connectivity index (χ0) is 20.3. The van der Waals surface area contributed by atoms with Crippen molar-refractivity contribution in [2.75, 3.05) is 11.1 Å². The number of anilines is 1. The molecular formula is C19H23ClN6OS. The Labute approximate surface area is 173 Å². The number of hydrogen-bond donors (Lipinski definition) is 1. The number of nitrogens with zero attached hydrogens (tertiary/aromatic N) is 5. The topological polar surface area (TPSA) is 85.6 Å². The lowest BCUT2D eigenvalue weighted by Crippen LogP contribution is -2.28. The van der Waals surface area contributed by atoms with Crippen molar-refractivity contribution >= 4 is 40.3 Å². The van der Waals surface area contributed by atoms with Gasteiger partial charge in [-0.15, -0.1) is 11.8 Å². The SMILES string of the molecule is CCSc1ccc(CNc2nc3c(C)nc(Cl)nc3n(C(C)CC)c2=O)cn1. The number of fused-ring (bicyclic) bond motifs is 1. The highest BCUT2D eigenvalue weighted by Crippen LogP contribution is 2.21. The van der Waals surface area contributed by atoms with E-state index in [0.717, 1.165) is 22.8 Å². The third kappa shape index (κ3) is 4.28. The Kier molecular flexibility index (Phi) is 6.51. The van der Waals surface area contributed by atoms with Gasteiger partial charge in [0, 0.05) is 18.8 Å². The number of thioether (sulfide) groups is 1. The second-order valence-corrected chi connectivity index (χ2v) is 8.06. The van der Waals surface area contributed by atoms with Gasteiger partial charge in [-0.25, -0.2) is 15.0 Å². The molecular weight excluding hydrogens is 396 g/mol. The molecule has 0 aliphatic heterocycles. The van der Waals surface area contributed by atoms with Gasteiger partial charge in [0.25, 0.3) is 5.56 Å². The maximum absolute atomic E-state index is 13.1. The molecule has 1 N–H and O–H groups in total. The van der Waals surface area contributed by atoms with Crippen LogP contribution in [0.15, 0.2) is 28.2 Å². The summed E-state index contributed by atoms with van der Waals surface area (Å²) in [6.45, 7) is 8.35. The molecule has 0 radical (unpaired) electrons. The minimum Gasteiger partial charge on any atom is -0.361 e. The quantitative estimate of drug-likeness (QED) is 0.453. The van der Waals surface area contributed by atoms with Crippen LogP contribution in [-0.4, -0.2) is 30.3 Å². The van der Waals surface area contributed by atoms with Gasteiger partial charge in [-0.05, 0) is 49.3 Å². The van der Waals surface area contributed by atoms with E-state index in [1.807, 2.05) is 39.1 Å². The molecule has 0 saturated heterocycles. The molecule has 9 heteroatoms. The Morgan fingerprint density at radius 2 is 2.04 bits per heavy atom. The predicted molar refractivity (Wildman–Crippen MR) is 114 cm³/mol. The molecule has 0 fully saturated rings. The van der Waals surface area contributed by atoms with E-state index < -0.39 is 0 Å². The molecule has 0 aliphatic carbocycles. The number of hydrogen-bond acceptors (Lipinski definition) is 7. The maximum atomic E-state index is 13.1. The van der Waals surface area contributed by atoms with Crippen LogP contribution in [0.5, 0.6) is 0 Å². The monoisotopic (exact) mass is 418 g/mol. The number of rotatable bonds is 7. The van der Waals surface area contributed by atoms with Crippen molar-refractivity contribution in [1.29, 1.82) is 0 Å². The van der Waals surface area contributed by atoms with Crippen LogP contribution in [-0.2, 0) is 6.54 Å². The molecule has 28 heavy (non-hydrogen) atoms. The third-order valence-corrected chi connectivity index (χ3v) is 5.46. The van der Waals surface area contributed by atoms with E-state index in [0.29, 0.717) is 23.4 Å². The number of halogens is 1. The molecule has 0 aromatic carbocycles. The first-order valence-corrected chi connectivity index (χ1v) is 10.6. The lowest BCUT2D eigenvalue weighted by atomic mass is 10.2. The molecule has 3 aromatic heterocycles. The minimum absolute atomic E-state index is 0.0454. The standard InChI is InChI=1S/C19H23ClN6OS/c1-5-11(3)26-17-15(12(4)23-19(20)25-17)24-16(18(26)27)22-10-13-7-8-14(21-9-13)28-6-2/h7-9,11H,5-6,10H2,1-4H3,(H,22,24). The van der Waals surface area contributed by atoms with Gasteiger partial charge in [-0.2, -0.15) is 4.98 Å². The summed E-state index contributed by atoms with van der Waals surface area (Å²) < 4.78 is 1.64. The number of aryl methyl sites for hydroxylation is 1. The first-order valence-electron chi connectivity index (χ1n) is 9.22. The van der Waals surface area contributed by atoms with Crippen LogP contribution in [0.2, 0.25) is 5.28 Å². The van der Waals surface area contributed by atoms with Crippen LogP contribution in [0.3, 0.4) is 0 Å². The largest absolute Gasteiger partial charge is 0.361 e. The Bertz CT molecular complexity index is 1040. The summed E-state index contributed by atoms with van der Waals surface area (Å²) in [5, 5.41) is 4.25. The maximum Gasteiger partial charge on any atom is 0.295 e. The van der Waals surface area contributed by atoms with Crippen molar-refractivity contribution in [2.45, 2.75) is 51.7 Å². The smallest absolute Gasteiger partial charge is 0.295 e. The molecule has 3 aromatic rings. The van der Waals surface area contributed by atoms with E-state index in [-0.39, 0.29) is 22.7 Å². The predicted octanol–water partition coefficient (Wildman–Crippen LogP) is 4.24. The molecule has 0 spiro atoms. The van der Waals surface area contributed by atoms with Gasteiger partial charge >= 0.3 is 0 Å². The van der Waals surface area contributed by atoms with Crippen LogP contribution >= 0.6 is 23.4 Å². The Morgan fingerprint density at radius 1 is 1.25 bits per heavy atom. The second-order valence-electron chi connectivity index (χ2n) is 6.43. The van der Waals surface area contributed by atoms with Crippen molar-refractivity contribution < 1.29 is 0 Å². The Hall–Kier alpha value is -2.19. The third-order valence-electron chi connectivity index (χ3n) is 4.47. The number of aromatic nitrogens is 5. The molecule has 1 unspecified atom stereocenters. The molecule has 148 valence electrons. The summed E-state index contributed by atoms with van der Waals surface area (Å²) in [5.41, 5.74) is 2.42. The normalized spacial score (nSPS) is 12.3. The lowest BCUT2D eigenvalue weighted by molar-refractivity contribution is 0.526. The molecule has 1 atom stereocenters. The Balaban J connectivity index is 1.99. The molecule has 0 amide bonds. The van der Waals surface area contributed by atoms with Crippen LogP contribution in [0.4, 0.5) is 5.82 Å². The summed E-state index contributed by atoms with van der Waals surface area (Å²) in [6, 6.07) is 3.94. The molecule has 0 bridgehead atoms. The van der Waals surface area contributed by atoms with Gasteiger partial charge in [0.1, 0.15) is 5.52 Å². The van der Waals surface area contributed by atoms with E-state index in [1.54, 1.807) is 16.3 Å². The van der Waals surface area contributed by atoms with Crippen LogP contribution in [0.25, 0.3) is 11.2 Å². The summed E-state index contributed by atoms with van der Waals surface area (Å²) in [4.78, 5) is 30.5. The van der Waals surface area contributed by atoms with Gasteiger partial charge < -0.3 is 5.32 Å². The van der Waals surface area contributed by atoms with Crippen LogP contribution in [0, 0.1) is 6.92 Å². The molecule has 3 heterocycles. The van der Waals surface area contributed by atoms with Crippen molar-refractivity contribution in [2.24, 2.45) is 0 Å². The fourth-order valence-electron chi connectivity index (χ4n) is 2.83. The minimum atomic E-state index is -0.220. The molecule has 3 rings (SSSR count). The van der Waals surface area contributed by atoms with Crippen LogP contribution in [0.1, 0.15) is 44.5 Å². The van der Waals surface area contributed by atoms with E-state index in [4.69, 9.17) is 11.6 Å². The zero-order valence-electron chi connectivity index (χ0n) is 16.4. The molecule has 7 nitrogen and oxygen atoms in total. The van der Waals surface area contributed by atoms with Crippen molar-refractivity contribution in [1.82, 2.24) is 24.5 Å². The highest BCUT2D eigenvalue weighted by molar-refractivity contribution is 7.99. The van der Waals surface area contributed by atoms with E-state index in [9.17, 15) is 4.79 Å². The van der Waals surface area contributed by atoms with E-state index in [2.05, 4.69) is 32.2 Å². The van der Waals surface area contributed by atoms with Crippen molar-refractivity contribution in [3.63, 3.8) is 0 Å². The average molecular weight is 419 g/mol. The average Bonchev–Trinajstić information content (AvgIpc) is 2.67. The van der Waals surface area contributed by atoms with E-state index >= 15 is 0 Å². The highest BCUT2D eigenvalue weighted by atomic mass is 35.5. The van der Waals surface area contributed by atoms with Gasteiger partial charge in [-0.3, -0.25) is 9.36 Å².